The van der Waals surface area contributed by atoms with Crippen LogP contribution in [0.2, 0.25) is 0 Å². The molecule has 0 saturated heterocycles. The molecule has 17 heavy (non-hydrogen) atoms. The van der Waals surface area contributed by atoms with Crippen LogP contribution in [0.4, 0.5) is 0 Å². The molecule has 0 heterocycles. The third-order valence-electron chi connectivity index (χ3n) is 2.98. The summed E-state index contributed by atoms with van der Waals surface area (Å²) in [6.07, 6.45) is 24.4. The van der Waals surface area contributed by atoms with Gasteiger partial charge in [0.15, 0.2) is 0 Å². The summed E-state index contributed by atoms with van der Waals surface area (Å²) in [6, 6.07) is 0. The van der Waals surface area contributed by atoms with E-state index >= 15 is 0 Å². The minimum absolute atomic E-state index is 0.756. The van der Waals surface area contributed by atoms with Crippen LogP contribution in [-0.4, -0.2) is 0 Å². The Kier molecular flexibility index (Phi) is 6.04. The molecule has 0 nitrogen and oxygen atoms in total. The van der Waals surface area contributed by atoms with Gasteiger partial charge in [0.25, 0.3) is 0 Å². The number of hydrogen-bond donors (Lipinski definition) is 0. The van der Waals surface area contributed by atoms with Gasteiger partial charge < -0.3 is 0 Å². The zero-order valence-corrected chi connectivity index (χ0v) is 12.0. The van der Waals surface area contributed by atoms with Crippen LogP contribution in [0, 0.1) is 0 Å². The van der Waals surface area contributed by atoms with E-state index in [1.54, 1.807) is 8.09 Å². The van der Waals surface area contributed by atoms with Gasteiger partial charge in [0.05, 0.1) is 0 Å². The van der Waals surface area contributed by atoms with Gasteiger partial charge in [-0.3, -0.25) is 0 Å². The molecule has 0 aliphatic heterocycles. The van der Waals surface area contributed by atoms with Crippen molar-refractivity contribution in [3.05, 3.63) is 44.5 Å². The van der Waals surface area contributed by atoms with E-state index in [-0.39, 0.29) is 0 Å². The molecular weight excluding hydrogens is 299 g/mol. The average molecular weight is 321 g/mol. The van der Waals surface area contributed by atoms with E-state index < -0.39 is 0 Å². The van der Waals surface area contributed by atoms with E-state index in [1.165, 1.54) is 51.4 Å². The van der Waals surface area contributed by atoms with E-state index in [1.807, 2.05) is 0 Å². The molecule has 96 valence electrons. The summed E-state index contributed by atoms with van der Waals surface area (Å²) in [5.41, 5.74) is 0. The van der Waals surface area contributed by atoms with E-state index in [9.17, 15) is 0 Å². The summed E-state index contributed by atoms with van der Waals surface area (Å²) in [4.78, 5) is 0. The first kappa shape index (κ1) is 13.1. The standard InChI is InChI=1S/2C8H11.Pd/c2*1-2-4-6-8-7-5-3-1;/h2*1-2,7H,3-6H2;. The maximum absolute atomic E-state index is 2.51. The molecule has 2 aliphatic rings. The van der Waals surface area contributed by atoms with Crippen molar-refractivity contribution in [1.82, 2.24) is 0 Å². The van der Waals surface area contributed by atoms with Gasteiger partial charge in [0.1, 0.15) is 0 Å². The van der Waals surface area contributed by atoms with Gasteiger partial charge in [0, 0.05) is 0 Å². The molecule has 0 aromatic carbocycles. The molecule has 2 rings (SSSR count). The Hall–Kier alpha value is -0.378. The van der Waals surface area contributed by atoms with Gasteiger partial charge >= 0.3 is 114 Å². The number of allylic oxidation sites excluding steroid dienone is 8. The average Bonchev–Trinajstić information content (AvgIpc) is 2.24. The molecule has 2 aliphatic carbocycles. The van der Waals surface area contributed by atoms with Crippen molar-refractivity contribution in [2.75, 3.05) is 0 Å². The minimum atomic E-state index is 0.756. The van der Waals surface area contributed by atoms with E-state index in [2.05, 4.69) is 36.5 Å². The summed E-state index contributed by atoms with van der Waals surface area (Å²) in [5.74, 6) is 0. The van der Waals surface area contributed by atoms with Crippen molar-refractivity contribution in [2.45, 2.75) is 51.4 Å². The molecule has 0 atom stereocenters. The molecule has 0 N–H and O–H groups in total. The quantitative estimate of drug-likeness (QED) is 0.490. The van der Waals surface area contributed by atoms with Gasteiger partial charge in [-0.25, -0.2) is 0 Å². The van der Waals surface area contributed by atoms with E-state index in [4.69, 9.17) is 0 Å². The Bertz CT molecular complexity index is 311. The molecule has 0 bridgehead atoms. The van der Waals surface area contributed by atoms with Crippen molar-refractivity contribution >= 4 is 0 Å². The molecule has 0 radical (unpaired) electrons. The number of rotatable bonds is 2. The van der Waals surface area contributed by atoms with Crippen LogP contribution in [0.1, 0.15) is 51.4 Å². The van der Waals surface area contributed by atoms with Crippen LogP contribution < -0.4 is 0 Å². The zero-order chi connectivity index (χ0) is 11.8. The predicted octanol–water partition coefficient (Wildman–Crippen LogP) is 5.10. The Morgan fingerprint density at radius 1 is 0.588 bits per heavy atom. The van der Waals surface area contributed by atoms with Crippen molar-refractivity contribution < 1.29 is 18.0 Å². The third-order valence-corrected chi connectivity index (χ3v) is 5.39. The number of hydrogen-bond acceptors (Lipinski definition) is 0. The van der Waals surface area contributed by atoms with Crippen LogP contribution in [0.5, 0.6) is 0 Å². The fourth-order valence-corrected chi connectivity index (χ4v) is 4.27. The van der Waals surface area contributed by atoms with Crippen molar-refractivity contribution in [3.8, 4) is 0 Å². The fraction of sp³-hybridized carbons (Fsp3) is 0.500. The fourth-order valence-electron chi connectivity index (χ4n) is 2.03. The van der Waals surface area contributed by atoms with Crippen molar-refractivity contribution in [2.24, 2.45) is 0 Å². The summed E-state index contributed by atoms with van der Waals surface area (Å²) in [6.45, 7) is 0. The second-order valence-electron chi connectivity index (χ2n) is 4.48. The molecule has 0 aromatic rings. The molecule has 0 saturated carbocycles. The second kappa shape index (κ2) is 7.85. The summed E-state index contributed by atoms with van der Waals surface area (Å²) < 4.78 is 3.44. The third kappa shape index (κ3) is 5.20. The van der Waals surface area contributed by atoms with E-state index in [0.717, 1.165) is 18.0 Å². The predicted molar refractivity (Wildman–Crippen MR) is 71.4 cm³/mol. The summed E-state index contributed by atoms with van der Waals surface area (Å²) in [5, 5.41) is 0. The van der Waals surface area contributed by atoms with Crippen LogP contribution in [-0.2, 0) is 18.0 Å². The van der Waals surface area contributed by atoms with Crippen LogP contribution in [0.25, 0.3) is 0 Å². The molecule has 0 fully saturated rings. The monoisotopic (exact) mass is 320 g/mol. The molecule has 1 heteroatoms. The first-order valence-electron chi connectivity index (χ1n) is 6.72. The summed E-state index contributed by atoms with van der Waals surface area (Å²) in [7, 11) is 0. The first-order chi connectivity index (χ1) is 8.45. The van der Waals surface area contributed by atoms with Crippen LogP contribution in [0.15, 0.2) is 44.5 Å². The molecule has 0 spiro atoms. The van der Waals surface area contributed by atoms with Gasteiger partial charge in [0.2, 0.25) is 0 Å². The van der Waals surface area contributed by atoms with Gasteiger partial charge in [-0.2, -0.15) is 0 Å². The van der Waals surface area contributed by atoms with Crippen molar-refractivity contribution in [3.63, 3.8) is 0 Å². The zero-order valence-electron chi connectivity index (χ0n) is 10.4. The van der Waals surface area contributed by atoms with Crippen LogP contribution >= 0.6 is 0 Å². The molecule has 0 unspecified atom stereocenters. The van der Waals surface area contributed by atoms with Gasteiger partial charge in [-0.15, -0.1) is 0 Å². The van der Waals surface area contributed by atoms with Crippen molar-refractivity contribution in [1.29, 1.82) is 0 Å². The molecule has 0 aromatic heterocycles. The molecular formula is C16H22Pd. The first-order valence-corrected chi connectivity index (χ1v) is 8.27. The summed E-state index contributed by atoms with van der Waals surface area (Å²) >= 11 is 0.756. The topological polar surface area (TPSA) is 0 Å². The molecule has 0 amide bonds. The van der Waals surface area contributed by atoms with Gasteiger partial charge in [-0.1, -0.05) is 0 Å². The van der Waals surface area contributed by atoms with Gasteiger partial charge in [-0.05, 0) is 0 Å². The Morgan fingerprint density at radius 2 is 1.06 bits per heavy atom. The Morgan fingerprint density at radius 3 is 1.59 bits per heavy atom. The normalized spacial score (nSPS) is 22.1. The second-order valence-corrected chi connectivity index (χ2v) is 6.86. The van der Waals surface area contributed by atoms with E-state index in [0.29, 0.717) is 0 Å². The maximum atomic E-state index is 2.51. The Labute approximate surface area is 114 Å². The Balaban J connectivity index is 1.89. The SMILES string of the molecule is C1=CCC[C]([Pd][C]2=CCCC=CCC2)=CCC1. The van der Waals surface area contributed by atoms with Crippen LogP contribution in [0.3, 0.4) is 0 Å².